The van der Waals surface area contributed by atoms with Crippen molar-refractivity contribution in [2.45, 2.75) is 23.9 Å². The van der Waals surface area contributed by atoms with Gasteiger partial charge in [0.1, 0.15) is 5.75 Å². The molecule has 0 saturated heterocycles. The third kappa shape index (κ3) is 4.64. The molecular formula is C18H20N4O2S. The number of hydrogen-bond acceptors (Lipinski definition) is 5. The van der Waals surface area contributed by atoms with Gasteiger partial charge in [0.2, 0.25) is 5.91 Å². The first-order valence-electron chi connectivity index (χ1n) is 7.67. The van der Waals surface area contributed by atoms with Gasteiger partial charge in [-0.1, -0.05) is 23.8 Å². The van der Waals surface area contributed by atoms with Gasteiger partial charge in [0.05, 0.1) is 18.9 Å². The average molecular weight is 356 g/mol. The van der Waals surface area contributed by atoms with E-state index in [1.165, 1.54) is 11.8 Å². The van der Waals surface area contributed by atoms with Gasteiger partial charge in [0.15, 0.2) is 11.0 Å². The van der Waals surface area contributed by atoms with Crippen molar-refractivity contribution in [2.24, 2.45) is 0 Å². The van der Waals surface area contributed by atoms with Crippen molar-refractivity contribution in [1.82, 2.24) is 20.1 Å². The van der Waals surface area contributed by atoms with E-state index in [1.54, 1.807) is 20.1 Å². The number of rotatable bonds is 8. The van der Waals surface area contributed by atoms with Gasteiger partial charge < -0.3 is 10.1 Å². The first kappa shape index (κ1) is 18.6. The second-order valence-electron chi connectivity index (χ2n) is 5.12. The molecule has 0 bridgehead atoms. The van der Waals surface area contributed by atoms with E-state index >= 15 is 0 Å². The lowest BCUT2D eigenvalue weighted by Crippen LogP contribution is -2.31. The second kappa shape index (κ2) is 8.94. The third-order valence-electron chi connectivity index (χ3n) is 3.39. The zero-order chi connectivity index (χ0) is 18.2. The Morgan fingerprint density at radius 1 is 1.48 bits per heavy atom. The van der Waals surface area contributed by atoms with Crippen molar-refractivity contribution in [3.8, 4) is 29.5 Å². The third-order valence-corrected chi connectivity index (χ3v) is 4.47. The van der Waals surface area contributed by atoms with Crippen molar-refractivity contribution in [1.29, 1.82) is 0 Å². The Hall–Kier alpha value is -2.72. The number of hydrogen-bond donors (Lipinski definition) is 1. The summed E-state index contributed by atoms with van der Waals surface area (Å²) in [5, 5.41) is 11.5. The number of allylic oxidation sites excluding steroid dienone is 1. The van der Waals surface area contributed by atoms with E-state index in [1.807, 2.05) is 28.8 Å². The van der Waals surface area contributed by atoms with E-state index in [0.29, 0.717) is 17.5 Å². The molecule has 130 valence electrons. The fourth-order valence-electron chi connectivity index (χ4n) is 2.12. The molecule has 1 aromatic heterocycles. The number of benzene rings is 1. The summed E-state index contributed by atoms with van der Waals surface area (Å²) in [4.78, 5) is 12.0. The molecule has 25 heavy (non-hydrogen) atoms. The smallest absolute Gasteiger partial charge is 0.234 e. The molecule has 0 aliphatic heterocycles. The van der Waals surface area contributed by atoms with Crippen LogP contribution in [0, 0.1) is 12.3 Å². The molecule has 6 nitrogen and oxygen atoms in total. The Morgan fingerprint density at radius 2 is 2.20 bits per heavy atom. The number of amides is 1. The van der Waals surface area contributed by atoms with Crippen LogP contribution in [0.15, 0.2) is 42.1 Å². The van der Waals surface area contributed by atoms with Crippen molar-refractivity contribution < 1.29 is 9.53 Å². The molecule has 1 atom stereocenters. The molecule has 0 radical (unpaired) electrons. The standard InChI is InChI=1S/C18H20N4O2S/c1-5-11-19-17(23)13(3)25-18-21-20-16(22(18)12-6-2)14-7-9-15(24-4)10-8-14/h1,6-10,13H,2,11-12H2,3-4H3,(H,19,23). The van der Waals surface area contributed by atoms with Crippen LogP contribution >= 0.6 is 11.8 Å². The number of carbonyl (C=O) groups is 1. The largest absolute Gasteiger partial charge is 0.497 e. The summed E-state index contributed by atoms with van der Waals surface area (Å²) in [5.74, 6) is 3.73. The molecule has 0 aliphatic carbocycles. The maximum Gasteiger partial charge on any atom is 0.234 e. The van der Waals surface area contributed by atoms with Gasteiger partial charge in [0, 0.05) is 12.1 Å². The zero-order valence-electron chi connectivity index (χ0n) is 14.2. The van der Waals surface area contributed by atoms with Crippen LogP contribution in [0.3, 0.4) is 0 Å². The lowest BCUT2D eigenvalue weighted by atomic mass is 10.2. The first-order valence-corrected chi connectivity index (χ1v) is 8.55. The van der Waals surface area contributed by atoms with Gasteiger partial charge in [0.25, 0.3) is 0 Å². The highest BCUT2D eigenvalue weighted by Gasteiger charge is 2.20. The number of aromatic nitrogens is 3. The molecule has 1 amide bonds. The molecule has 0 spiro atoms. The molecule has 7 heteroatoms. The molecule has 2 rings (SSSR count). The van der Waals surface area contributed by atoms with E-state index in [9.17, 15) is 4.79 Å². The number of nitrogens with one attached hydrogen (secondary N) is 1. The van der Waals surface area contributed by atoms with Crippen LogP contribution in [0.2, 0.25) is 0 Å². The van der Waals surface area contributed by atoms with Crippen molar-refractivity contribution in [3.05, 3.63) is 36.9 Å². The van der Waals surface area contributed by atoms with E-state index in [2.05, 4.69) is 28.0 Å². The van der Waals surface area contributed by atoms with E-state index < -0.39 is 0 Å². The number of nitrogens with zero attached hydrogens (tertiary/aromatic N) is 3. The van der Waals surface area contributed by atoms with Crippen LogP contribution in [0.1, 0.15) is 6.92 Å². The van der Waals surface area contributed by atoms with Gasteiger partial charge >= 0.3 is 0 Å². The van der Waals surface area contributed by atoms with Crippen LogP contribution < -0.4 is 10.1 Å². The number of thioether (sulfide) groups is 1. The predicted octanol–water partition coefficient (Wildman–Crippen LogP) is 2.37. The number of methoxy groups -OCH3 is 1. The normalized spacial score (nSPS) is 11.4. The molecule has 0 aliphatic rings. The maximum atomic E-state index is 12.0. The molecule has 0 fully saturated rings. The molecule has 1 aromatic carbocycles. The Labute approximate surface area is 151 Å². The molecular weight excluding hydrogens is 336 g/mol. The fourth-order valence-corrected chi connectivity index (χ4v) is 3.00. The van der Waals surface area contributed by atoms with Crippen molar-refractivity contribution >= 4 is 17.7 Å². The van der Waals surface area contributed by atoms with Gasteiger partial charge in [-0.05, 0) is 31.2 Å². The molecule has 1 unspecified atom stereocenters. The Bertz CT molecular complexity index is 777. The van der Waals surface area contributed by atoms with E-state index in [-0.39, 0.29) is 17.7 Å². The monoisotopic (exact) mass is 356 g/mol. The summed E-state index contributed by atoms with van der Waals surface area (Å²) in [7, 11) is 1.62. The minimum atomic E-state index is -0.343. The Morgan fingerprint density at radius 3 is 2.80 bits per heavy atom. The molecule has 1 heterocycles. The van der Waals surface area contributed by atoms with Gasteiger partial charge in [-0.2, -0.15) is 0 Å². The van der Waals surface area contributed by atoms with E-state index in [4.69, 9.17) is 11.2 Å². The highest BCUT2D eigenvalue weighted by molar-refractivity contribution is 8.00. The number of terminal acetylenes is 1. The van der Waals surface area contributed by atoms with Crippen LogP contribution in [-0.4, -0.2) is 39.6 Å². The van der Waals surface area contributed by atoms with E-state index in [0.717, 1.165) is 11.3 Å². The predicted molar refractivity (Wildman–Crippen MR) is 99.4 cm³/mol. The van der Waals surface area contributed by atoms with Crippen molar-refractivity contribution in [2.75, 3.05) is 13.7 Å². The lowest BCUT2D eigenvalue weighted by Gasteiger charge is -2.12. The van der Waals surface area contributed by atoms with Crippen molar-refractivity contribution in [3.63, 3.8) is 0 Å². The van der Waals surface area contributed by atoms with Crippen LogP contribution in [0.5, 0.6) is 5.75 Å². The highest BCUT2D eigenvalue weighted by atomic mass is 32.2. The van der Waals surface area contributed by atoms with Crippen LogP contribution in [0.25, 0.3) is 11.4 Å². The lowest BCUT2D eigenvalue weighted by molar-refractivity contribution is -0.120. The maximum absolute atomic E-state index is 12.0. The summed E-state index contributed by atoms with van der Waals surface area (Å²) in [6.07, 6.45) is 6.93. The zero-order valence-corrected chi connectivity index (χ0v) is 15.0. The van der Waals surface area contributed by atoms with Crippen LogP contribution in [-0.2, 0) is 11.3 Å². The quantitative estimate of drug-likeness (QED) is 0.447. The first-order chi connectivity index (χ1) is 12.1. The second-order valence-corrected chi connectivity index (χ2v) is 6.42. The minimum absolute atomic E-state index is 0.137. The summed E-state index contributed by atoms with van der Waals surface area (Å²) in [6.45, 7) is 6.33. The minimum Gasteiger partial charge on any atom is -0.497 e. The highest BCUT2D eigenvalue weighted by Crippen LogP contribution is 2.27. The Balaban J connectivity index is 2.24. The summed E-state index contributed by atoms with van der Waals surface area (Å²) < 4.78 is 7.10. The summed E-state index contributed by atoms with van der Waals surface area (Å²) in [5.41, 5.74) is 0.909. The summed E-state index contributed by atoms with van der Waals surface area (Å²) >= 11 is 1.33. The topological polar surface area (TPSA) is 69.0 Å². The van der Waals surface area contributed by atoms with Crippen LogP contribution in [0.4, 0.5) is 0 Å². The number of ether oxygens (including phenoxy) is 1. The average Bonchev–Trinajstić information content (AvgIpc) is 3.02. The van der Waals surface area contributed by atoms with Gasteiger partial charge in [-0.25, -0.2) is 0 Å². The summed E-state index contributed by atoms with van der Waals surface area (Å²) in [6, 6.07) is 7.57. The van der Waals surface area contributed by atoms with Gasteiger partial charge in [-0.15, -0.1) is 23.2 Å². The SMILES string of the molecule is C#CCNC(=O)C(C)Sc1nnc(-c2ccc(OC)cc2)n1CC=C. The number of carbonyl (C=O) groups excluding carboxylic acids is 1. The fraction of sp³-hybridized carbons (Fsp3) is 0.278. The molecule has 0 saturated carbocycles. The van der Waals surface area contributed by atoms with Gasteiger partial charge in [-0.3, -0.25) is 9.36 Å². The Kier molecular flexibility index (Phi) is 6.66. The molecule has 2 aromatic rings. The molecule has 1 N–H and O–H groups in total.